The van der Waals surface area contributed by atoms with E-state index in [9.17, 15) is 4.39 Å². The lowest BCUT2D eigenvalue weighted by Gasteiger charge is -2.06. The van der Waals surface area contributed by atoms with Crippen molar-refractivity contribution in [1.29, 1.82) is 0 Å². The van der Waals surface area contributed by atoms with E-state index in [4.69, 9.17) is 5.73 Å². The largest absolute Gasteiger partial charge is 0.326 e. The van der Waals surface area contributed by atoms with Gasteiger partial charge in [0.1, 0.15) is 5.82 Å². The van der Waals surface area contributed by atoms with Gasteiger partial charge in [0.05, 0.1) is 0 Å². The summed E-state index contributed by atoms with van der Waals surface area (Å²) in [6.45, 7) is 0.364. The molecule has 1 aromatic heterocycles. The molecule has 2 aromatic rings. The van der Waals surface area contributed by atoms with Crippen molar-refractivity contribution < 1.29 is 4.39 Å². The van der Waals surface area contributed by atoms with Crippen LogP contribution < -0.4 is 5.73 Å². The normalized spacial score (nSPS) is 9.73. The summed E-state index contributed by atoms with van der Waals surface area (Å²) in [5, 5.41) is 3.86. The minimum Gasteiger partial charge on any atom is -0.326 e. The van der Waals surface area contributed by atoms with Crippen molar-refractivity contribution in [2.75, 3.05) is 0 Å². The van der Waals surface area contributed by atoms with Gasteiger partial charge in [-0.25, -0.2) is 4.39 Å². The van der Waals surface area contributed by atoms with Crippen LogP contribution in [-0.2, 0) is 6.54 Å². The molecule has 15 heavy (non-hydrogen) atoms. The molecule has 1 heterocycles. The maximum Gasteiger partial charge on any atom is 0.131 e. The summed E-state index contributed by atoms with van der Waals surface area (Å²) in [6.07, 6.45) is 0. The Morgan fingerprint density at radius 3 is 2.67 bits per heavy atom. The van der Waals surface area contributed by atoms with Gasteiger partial charge in [-0.2, -0.15) is 11.3 Å². The quantitative estimate of drug-likeness (QED) is 0.859. The Kier molecular flexibility index (Phi) is 4.27. The van der Waals surface area contributed by atoms with E-state index in [0.717, 1.165) is 11.1 Å². The molecule has 1 aromatic carbocycles. The van der Waals surface area contributed by atoms with E-state index in [0.29, 0.717) is 12.1 Å². The fourth-order valence-electron chi connectivity index (χ4n) is 1.47. The molecule has 0 fully saturated rings. The number of rotatable bonds is 2. The molecule has 4 heteroatoms. The molecule has 2 N–H and O–H groups in total. The average Bonchev–Trinajstić information content (AvgIpc) is 2.70. The Morgan fingerprint density at radius 1 is 1.27 bits per heavy atom. The van der Waals surface area contributed by atoms with Crippen LogP contribution in [0.2, 0.25) is 0 Å². The van der Waals surface area contributed by atoms with Gasteiger partial charge in [0.15, 0.2) is 0 Å². The Morgan fingerprint density at radius 2 is 2.07 bits per heavy atom. The van der Waals surface area contributed by atoms with E-state index in [1.54, 1.807) is 17.4 Å². The van der Waals surface area contributed by atoms with Gasteiger partial charge in [-0.15, -0.1) is 12.4 Å². The van der Waals surface area contributed by atoms with Crippen molar-refractivity contribution in [3.05, 3.63) is 46.4 Å². The number of nitrogens with two attached hydrogens (primary N) is 1. The van der Waals surface area contributed by atoms with Crippen molar-refractivity contribution in [3.8, 4) is 11.1 Å². The molecule has 0 saturated heterocycles. The average molecular weight is 244 g/mol. The Hall–Kier alpha value is -0.900. The Bertz CT molecular complexity index is 428. The highest BCUT2D eigenvalue weighted by Gasteiger charge is 2.09. The number of hydrogen-bond donors (Lipinski definition) is 1. The topological polar surface area (TPSA) is 26.0 Å². The second-order valence-corrected chi connectivity index (χ2v) is 3.77. The number of hydrogen-bond acceptors (Lipinski definition) is 2. The Balaban J connectivity index is 0.00000112. The zero-order valence-electron chi connectivity index (χ0n) is 7.94. The van der Waals surface area contributed by atoms with Gasteiger partial charge in [0, 0.05) is 12.1 Å². The summed E-state index contributed by atoms with van der Waals surface area (Å²) in [5.74, 6) is -0.202. The first kappa shape index (κ1) is 12.2. The van der Waals surface area contributed by atoms with Crippen molar-refractivity contribution in [2.24, 2.45) is 5.73 Å². The zero-order chi connectivity index (χ0) is 9.97. The van der Waals surface area contributed by atoms with Crippen molar-refractivity contribution in [2.45, 2.75) is 6.54 Å². The van der Waals surface area contributed by atoms with E-state index >= 15 is 0 Å². The molecule has 0 bridgehead atoms. The van der Waals surface area contributed by atoms with Crippen molar-refractivity contribution >= 4 is 23.7 Å². The second kappa shape index (κ2) is 5.26. The van der Waals surface area contributed by atoms with Gasteiger partial charge in [-0.1, -0.05) is 12.1 Å². The third-order valence-electron chi connectivity index (χ3n) is 2.13. The molecule has 2 rings (SSSR count). The third-order valence-corrected chi connectivity index (χ3v) is 2.81. The summed E-state index contributed by atoms with van der Waals surface area (Å²) in [5.41, 5.74) is 7.96. The highest BCUT2D eigenvalue weighted by molar-refractivity contribution is 7.08. The zero-order valence-corrected chi connectivity index (χ0v) is 9.58. The summed E-state index contributed by atoms with van der Waals surface area (Å²) in [7, 11) is 0. The SMILES string of the molecule is Cl.NCc1cccc(F)c1-c1ccsc1. The third kappa shape index (κ3) is 2.37. The standard InChI is InChI=1S/C11H10FNS.ClH/c12-10-3-1-2-8(6-13)11(10)9-4-5-14-7-9;/h1-5,7H,6,13H2;1H. The van der Waals surface area contributed by atoms with Crippen LogP contribution in [0.3, 0.4) is 0 Å². The molecular formula is C11H11ClFNS. The summed E-state index contributed by atoms with van der Waals surface area (Å²) in [4.78, 5) is 0. The summed E-state index contributed by atoms with van der Waals surface area (Å²) in [6, 6.07) is 6.91. The lowest BCUT2D eigenvalue weighted by atomic mass is 10.0. The molecule has 0 amide bonds. The van der Waals surface area contributed by atoms with Crippen LogP contribution in [-0.4, -0.2) is 0 Å². The minimum atomic E-state index is -0.202. The molecule has 80 valence electrons. The summed E-state index contributed by atoms with van der Waals surface area (Å²) < 4.78 is 13.5. The van der Waals surface area contributed by atoms with E-state index in [1.807, 2.05) is 22.9 Å². The summed E-state index contributed by atoms with van der Waals surface area (Å²) >= 11 is 1.55. The van der Waals surface area contributed by atoms with Gasteiger partial charge in [-0.05, 0) is 34.0 Å². The molecule has 0 saturated carbocycles. The fraction of sp³-hybridized carbons (Fsp3) is 0.0909. The number of thiophene rings is 1. The van der Waals surface area contributed by atoms with Gasteiger partial charge in [0.2, 0.25) is 0 Å². The number of halogens is 2. The van der Waals surface area contributed by atoms with Crippen LogP contribution in [0.1, 0.15) is 5.56 Å². The first-order valence-corrected chi connectivity index (χ1v) is 5.27. The van der Waals surface area contributed by atoms with E-state index < -0.39 is 0 Å². The first-order chi connectivity index (χ1) is 6.83. The molecular weight excluding hydrogens is 233 g/mol. The molecule has 0 aliphatic rings. The maximum absolute atomic E-state index is 13.5. The highest BCUT2D eigenvalue weighted by Crippen LogP contribution is 2.28. The molecule has 0 radical (unpaired) electrons. The number of benzene rings is 1. The molecule has 1 nitrogen and oxygen atoms in total. The molecule has 0 atom stereocenters. The molecule has 0 aliphatic carbocycles. The fourth-order valence-corrected chi connectivity index (χ4v) is 2.12. The maximum atomic E-state index is 13.5. The monoisotopic (exact) mass is 243 g/mol. The van der Waals surface area contributed by atoms with E-state index in [1.165, 1.54) is 6.07 Å². The molecule has 0 spiro atoms. The molecule has 0 aliphatic heterocycles. The first-order valence-electron chi connectivity index (χ1n) is 4.33. The van der Waals surface area contributed by atoms with Gasteiger partial charge >= 0.3 is 0 Å². The van der Waals surface area contributed by atoms with E-state index in [-0.39, 0.29) is 18.2 Å². The van der Waals surface area contributed by atoms with Gasteiger partial charge in [0.25, 0.3) is 0 Å². The minimum absolute atomic E-state index is 0. The van der Waals surface area contributed by atoms with E-state index in [2.05, 4.69) is 0 Å². The van der Waals surface area contributed by atoms with Crippen LogP contribution in [0.5, 0.6) is 0 Å². The predicted octanol–water partition coefficient (Wildman–Crippen LogP) is 3.43. The van der Waals surface area contributed by atoms with Crippen molar-refractivity contribution in [1.82, 2.24) is 0 Å². The predicted molar refractivity (Wildman–Crippen MR) is 64.9 cm³/mol. The molecule has 0 unspecified atom stereocenters. The highest BCUT2D eigenvalue weighted by atomic mass is 35.5. The lowest BCUT2D eigenvalue weighted by molar-refractivity contribution is 0.629. The lowest BCUT2D eigenvalue weighted by Crippen LogP contribution is -2.00. The smallest absolute Gasteiger partial charge is 0.131 e. The Labute approximate surface area is 98.2 Å². The second-order valence-electron chi connectivity index (χ2n) is 2.99. The van der Waals surface area contributed by atoms with Crippen LogP contribution in [0.25, 0.3) is 11.1 Å². The van der Waals surface area contributed by atoms with Crippen LogP contribution in [0.4, 0.5) is 4.39 Å². The van der Waals surface area contributed by atoms with Crippen LogP contribution >= 0.6 is 23.7 Å². The van der Waals surface area contributed by atoms with Crippen LogP contribution in [0.15, 0.2) is 35.0 Å². The van der Waals surface area contributed by atoms with Gasteiger partial charge < -0.3 is 5.73 Å². The van der Waals surface area contributed by atoms with Crippen LogP contribution in [0, 0.1) is 5.82 Å². The van der Waals surface area contributed by atoms with Gasteiger partial charge in [-0.3, -0.25) is 0 Å². The van der Waals surface area contributed by atoms with Crippen molar-refractivity contribution in [3.63, 3.8) is 0 Å².